The van der Waals surface area contributed by atoms with Crippen LogP contribution in [0.15, 0.2) is 23.1 Å². The maximum atomic E-state index is 11.5. The minimum atomic E-state index is -0.0718. The first kappa shape index (κ1) is 11.5. The molecule has 1 saturated heterocycles. The van der Waals surface area contributed by atoms with Crippen molar-refractivity contribution in [1.82, 2.24) is 0 Å². The van der Waals surface area contributed by atoms with Gasteiger partial charge in [-0.1, -0.05) is 17.7 Å². The monoisotopic (exact) mass is 236 g/mol. The molecule has 2 atom stereocenters. The lowest BCUT2D eigenvalue weighted by Gasteiger charge is -2.09. The molecule has 16 heavy (non-hydrogen) atoms. The number of carbonyl (C=O) groups is 1. The zero-order valence-electron chi connectivity index (χ0n) is 9.82. The molecule has 0 unspecified atom stereocenters. The van der Waals surface area contributed by atoms with Gasteiger partial charge in [0.15, 0.2) is 0 Å². The average molecular weight is 236 g/mol. The Bertz CT molecular complexity index is 414. The molecule has 1 aliphatic heterocycles. The highest BCUT2D eigenvalue weighted by Crippen LogP contribution is 2.33. The number of carbonyl (C=O) groups excluding carboxylic acids is 1. The Balaban J connectivity index is 2.12. The van der Waals surface area contributed by atoms with E-state index in [1.54, 1.807) is 11.8 Å². The van der Waals surface area contributed by atoms with Crippen molar-refractivity contribution in [2.24, 2.45) is 0 Å². The number of esters is 1. The van der Waals surface area contributed by atoms with Gasteiger partial charge < -0.3 is 4.74 Å². The fraction of sp³-hybridized carbons (Fsp3) is 0.462. The lowest BCUT2D eigenvalue weighted by Crippen LogP contribution is -2.09. The smallest absolute Gasteiger partial charge is 0.319 e. The van der Waals surface area contributed by atoms with Gasteiger partial charge in [-0.05, 0) is 32.4 Å². The zero-order valence-corrected chi connectivity index (χ0v) is 10.6. The number of thioether (sulfide) groups is 1. The quantitative estimate of drug-likeness (QED) is 0.738. The van der Waals surface area contributed by atoms with Crippen LogP contribution in [0, 0.1) is 13.8 Å². The summed E-state index contributed by atoms with van der Waals surface area (Å²) in [6.07, 6.45) is 0.882. The third-order valence-corrected chi connectivity index (χ3v) is 4.11. The van der Waals surface area contributed by atoms with Crippen molar-refractivity contribution < 1.29 is 9.53 Å². The van der Waals surface area contributed by atoms with Crippen LogP contribution in [0.3, 0.4) is 0 Å². The normalized spacial score (nSPS) is 24.6. The molecule has 0 bridgehead atoms. The summed E-state index contributed by atoms with van der Waals surface area (Å²) in [7, 11) is 0. The summed E-state index contributed by atoms with van der Waals surface area (Å²) in [6, 6.07) is 6.32. The van der Waals surface area contributed by atoms with Crippen LogP contribution in [0.2, 0.25) is 0 Å². The highest BCUT2D eigenvalue weighted by Gasteiger charge is 2.32. The molecule has 1 fully saturated rings. The van der Waals surface area contributed by atoms with Crippen LogP contribution in [0.4, 0.5) is 0 Å². The maximum Gasteiger partial charge on any atom is 0.319 e. The second kappa shape index (κ2) is 4.50. The SMILES string of the molecule is Cc1ccc(S[C@@H]2C[C@@H](C)OC2=O)c(C)c1. The van der Waals surface area contributed by atoms with Gasteiger partial charge in [0.2, 0.25) is 0 Å². The molecule has 3 heteroatoms. The second-order valence-electron chi connectivity index (χ2n) is 4.36. The lowest BCUT2D eigenvalue weighted by molar-refractivity contribution is -0.140. The van der Waals surface area contributed by atoms with Crippen molar-refractivity contribution in [2.45, 2.75) is 43.4 Å². The number of hydrogen-bond acceptors (Lipinski definition) is 3. The van der Waals surface area contributed by atoms with Crippen LogP contribution in [0.25, 0.3) is 0 Å². The van der Waals surface area contributed by atoms with Crippen LogP contribution < -0.4 is 0 Å². The average Bonchev–Trinajstić information content (AvgIpc) is 2.50. The van der Waals surface area contributed by atoms with Gasteiger partial charge in [-0.2, -0.15) is 0 Å². The number of hydrogen-bond donors (Lipinski definition) is 0. The summed E-state index contributed by atoms with van der Waals surface area (Å²) in [5.74, 6) is -0.0718. The number of benzene rings is 1. The van der Waals surface area contributed by atoms with Gasteiger partial charge in [-0.25, -0.2) is 0 Å². The number of aryl methyl sites for hydroxylation is 2. The van der Waals surface area contributed by atoms with Gasteiger partial charge in [0, 0.05) is 11.3 Å². The Hall–Kier alpha value is -0.960. The van der Waals surface area contributed by atoms with Crippen LogP contribution in [-0.4, -0.2) is 17.3 Å². The number of ether oxygens (including phenoxy) is 1. The molecule has 0 spiro atoms. The second-order valence-corrected chi connectivity index (χ2v) is 5.60. The molecule has 1 aliphatic rings. The molecule has 1 aromatic rings. The van der Waals surface area contributed by atoms with Gasteiger partial charge in [-0.15, -0.1) is 11.8 Å². The predicted octanol–water partition coefficient (Wildman–Crippen LogP) is 3.10. The summed E-state index contributed by atoms with van der Waals surface area (Å²) >= 11 is 1.62. The van der Waals surface area contributed by atoms with E-state index in [4.69, 9.17) is 4.74 Å². The van der Waals surface area contributed by atoms with Crippen molar-refractivity contribution >= 4 is 17.7 Å². The van der Waals surface area contributed by atoms with Crippen molar-refractivity contribution in [3.8, 4) is 0 Å². The van der Waals surface area contributed by atoms with Crippen LogP contribution in [-0.2, 0) is 9.53 Å². The standard InChI is InChI=1S/C13H16O2S/c1-8-4-5-11(9(2)6-8)16-12-7-10(3)15-13(12)14/h4-6,10,12H,7H2,1-3H3/t10-,12-/m1/s1. The third-order valence-electron chi connectivity index (χ3n) is 2.73. The highest BCUT2D eigenvalue weighted by atomic mass is 32.2. The molecular formula is C13H16O2S. The Morgan fingerprint density at radius 1 is 1.38 bits per heavy atom. The fourth-order valence-corrected chi connectivity index (χ4v) is 3.12. The molecule has 86 valence electrons. The Morgan fingerprint density at radius 3 is 2.69 bits per heavy atom. The Morgan fingerprint density at radius 2 is 2.12 bits per heavy atom. The van der Waals surface area contributed by atoms with Crippen LogP contribution in [0.5, 0.6) is 0 Å². The molecule has 0 radical (unpaired) electrons. The van der Waals surface area contributed by atoms with Gasteiger partial charge in [0.25, 0.3) is 0 Å². The third kappa shape index (κ3) is 2.40. The first-order valence-corrected chi connectivity index (χ1v) is 6.38. The summed E-state index contributed by atoms with van der Waals surface area (Å²) in [5.41, 5.74) is 2.49. The molecular weight excluding hydrogens is 220 g/mol. The molecule has 0 N–H and O–H groups in total. The molecule has 0 aromatic heterocycles. The van der Waals surface area contributed by atoms with Gasteiger partial charge in [-0.3, -0.25) is 4.79 Å². The molecule has 0 aliphatic carbocycles. The van der Waals surface area contributed by atoms with E-state index >= 15 is 0 Å². The largest absolute Gasteiger partial charge is 0.462 e. The lowest BCUT2D eigenvalue weighted by atomic mass is 10.2. The van der Waals surface area contributed by atoms with Crippen LogP contribution >= 0.6 is 11.8 Å². The Kier molecular flexibility index (Phi) is 3.24. The summed E-state index contributed by atoms with van der Waals surface area (Å²) in [6.45, 7) is 6.10. The van der Waals surface area contributed by atoms with Crippen molar-refractivity contribution in [2.75, 3.05) is 0 Å². The van der Waals surface area contributed by atoms with Crippen LogP contribution in [0.1, 0.15) is 24.5 Å². The van der Waals surface area contributed by atoms with Crippen molar-refractivity contribution in [3.63, 3.8) is 0 Å². The van der Waals surface area contributed by atoms with Gasteiger partial charge in [0.1, 0.15) is 11.4 Å². The number of rotatable bonds is 2. The summed E-state index contributed by atoms with van der Waals surface area (Å²) < 4.78 is 5.15. The molecule has 2 nitrogen and oxygen atoms in total. The summed E-state index contributed by atoms with van der Waals surface area (Å²) in [5, 5.41) is -0.0311. The number of cyclic esters (lactones) is 1. The van der Waals surface area contributed by atoms with Gasteiger partial charge in [0.05, 0.1) is 0 Å². The van der Waals surface area contributed by atoms with E-state index in [-0.39, 0.29) is 17.3 Å². The Labute approximate surface area is 100 Å². The predicted molar refractivity (Wildman–Crippen MR) is 65.7 cm³/mol. The van der Waals surface area contributed by atoms with E-state index in [2.05, 4.69) is 32.0 Å². The topological polar surface area (TPSA) is 26.3 Å². The summed E-state index contributed by atoms with van der Waals surface area (Å²) in [4.78, 5) is 12.7. The minimum absolute atomic E-state index is 0.0311. The van der Waals surface area contributed by atoms with Crippen molar-refractivity contribution in [3.05, 3.63) is 29.3 Å². The molecule has 0 amide bonds. The fourth-order valence-electron chi connectivity index (χ4n) is 1.90. The molecule has 2 rings (SSSR count). The van der Waals surface area contributed by atoms with E-state index in [0.29, 0.717) is 0 Å². The van der Waals surface area contributed by atoms with E-state index < -0.39 is 0 Å². The minimum Gasteiger partial charge on any atom is -0.462 e. The van der Waals surface area contributed by atoms with E-state index in [9.17, 15) is 4.79 Å². The van der Waals surface area contributed by atoms with E-state index in [0.717, 1.165) is 6.42 Å². The molecule has 0 saturated carbocycles. The molecule has 1 heterocycles. The first-order valence-electron chi connectivity index (χ1n) is 5.50. The first-order chi connectivity index (χ1) is 7.56. The van der Waals surface area contributed by atoms with Crippen molar-refractivity contribution in [1.29, 1.82) is 0 Å². The zero-order chi connectivity index (χ0) is 11.7. The molecule has 1 aromatic carbocycles. The van der Waals surface area contributed by atoms with E-state index in [1.807, 2.05) is 6.92 Å². The van der Waals surface area contributed by atoms with Gasteiger partial charge >= 0.3 is 5.97 Å². The van der Waals surface area contributed by atoms with E-state index in [1.165, 1.54) is 16.0 Å². The highest BCUT2D eigenvalue weighted by molar-refractivity contribution is 8.00. The maximum absolute atomic E-state index is 11.5.